The van der Waals surface area contributed by atoms with Crippen LogP contribution in [0.5, 0.6) is 0 Å². The van der Waals surface area contributed by atoms with Gasteiger partial charge in [-0.1, -0.05) is 55.5 Å². The molecule has 0 aliphatic heterocycles. The van der Waals surface area contributed by atoms with Crippen LogP contribution in [0, 0.1) is 18.7 Å². The van der Waals surface area contributed by atoms with Crippen molar-refractivity contribution in [3.8, 4) is 0 Å². The molecule has 3 atom stereocenters. The molecule has 21 heavy (non-hydrogen) atoms. The average Bonchev–Trinajstić information content (AvgIpc) is 3.29. The number of aryl methyl sites for hydroxylation is 1. The summed E-state index contributed by atoms with van der Waals surface area (Å²) in [6, 6.07) is 16.4. The maximum Gasteiger partial charge on any atom is 0.130 e. The highest BCUT2D eigenvalue weighted by Crippen LogP contribution is 2.54. The third kappa shape index (κ3) is 2.86. The van der Waals surface area contributed by atoms with Gasteiger partial charge in [0.2, 0.25) is 0 Å². The molecule has 1 aliphatic rings. The van der Waals surface area contributed by atoms with Gasteiger partial charge in [-0.15, -0.1) is 0 Å². The van der Waals surface area contributed by atoms with Crippen molar-refractivity contribution in [3.63, 3.8) is 0 Å². The quantitative estimate of drug-likeness (QED) is 0.846. The number of rotatable bonds is 5. The Hall–Kier alpha value is -1.67. The molecular weight excluding hydrogens is 261 g/mol. The van der Waals surface area contributed by atoms with E-state index in [-0.39, 0.29) is 11.9 Å². The molecular formula is C19H22FN. The van der Waals surface area contributed by atoms with E-state index in [2.05, 4.69) is 36.5 Å². The van der Waals surface area contributed by atoms with Crippen LogP contribution in [-0.2, 0) is 0 Å². The minimum Gasteiger partial charge on any atom is -0.310 e. The Kier molecular flexibility index (Phi) is 4.07. The molecule has 1 fully saturated rings. The largest absolute Gasteiger partial charge is 0.310 e. The van der Waals surface area contributed by atoms with Gasteiger partial charge in [-0.05, 0) is 42.9 Å². The summed E-state index contributed by atoms with van der Waals surface area (Å²) in [5.41, 5.74) is 2.92. The monoisotopic (exact) mass is 283 g/mol. The number of halogens is 1. The zero-order valence-corrected chi connectivity index (χ0v) is 12.6. The first-order valence-electron chi connectivity index (χ1n) is 7.75. The highest BCUT2D eigenvalue weighted by atomic mass is 19.1. The van der Waals surface area contributed by atoms with Crippen molar-refractivity contribution in [2.24, 2.45) is 5.92 Å². The normalized spacial score (nSPS) is 22.0. The summed E-state index contributed by atoms with van der Waals surface area (Å²) in [7, 11) is 0. The van der Waals surface area contributed by atoms with Gasteiger partial charge in [0.25, 0.3) is 0 Å². The van der Waals surface area contributed by atoms with E-state index in [1.807, 2.05) is 31.2 Å². The predicted octanol–water partition coefficient (Wildman–Crippen LogP) is 4.59. The summed E-state index contributed by atoms with van der Waals surface area (Å²) in [6.45, 7) is 4.78. The zero-order chi connectivity index (χ0) is 14.8. The Balaban J connectivity index is 1.85. The second-order valence-corrected chi connectivity index (χ2v) is 5.93. The first-order valence-corrected chi connectivity index (χ1v) is 7.75. The fraction of sp³-hybridized carbons (Fsp3) is 0.368. The van der Waals surface area contributed by atoms with Crippen molar-refractivity contribution in [2.45, 2.75) is 32.2 Å². The number of hydrogen-bond acceptors (Lipinski definition) is 1. The van der Waals surface area contributed by atoms with Crippen LogP contribution in [-0.4, -0.2) is 6.54 Å². The molecule has 0 radical (unpaired) electrons. The predicted molar refractivity (Wildman–Crippen MR) is 84.8 cm³/mol. The van der Waals surface area contributed by atoms with Gasteiger partial charge in [-0.2, -0.15) is 0 Å². The summed E-state index contributed by atoms with van der Waals surface area (Å²) < 4.78 is 14.5. The SMILES string of the molecule is CCNC(c1cccc(C)c1F)C1CC1c1ccccc1. The van der Waals surface area contributed by atoms with E-state index in [0.717, 1.165) is 24.1 Å². The van der Waals surface area contributed by atoms with Gasteiger partial charge in [-0.25, -0.2) is 4.39 Å². The van der Waals surface area contributed by atoms with Crippen LogP contribution >= 0.6 is 0 Å². The van der Waals surface area contributed by atoms with Gasteiger partial charge in [0, 0.05) is 11.6 Å². The molecule has 3 unspecified atom stereocenters. The van der Waals surface area contributed by atoms with E-state index in [4.69, 9.17) is 0 Å². The van der Waals surface area contributed by atoms with E-state index in [9.17, 15) is 4.39 Å². The lowest BCUT2D eigenvalue weighted by Gasteiger charge is -2.20. The smallest absolute Gasteiger partial charge is 0.130 e. The topological polar surface area (TPSA) is 12.0 Å². The highest BCUT2D eigenvalue weighted by molar-refractivity contribution is 5.33. The Morgan fingerprint density at radius 3 is 2.62 bits per heavy atom. The molecule has 110 valence electrons. The second-order valence-electron chi connectivity index (χ2n) is 5.93. The van der Waals surface area contributed by atoms with Gasteiger partial charge in [0.1, 0.15) is 5.82 Å². The average molecular weight is 283 g/mol. The summed E-state index contributed by atoms with van der Waals surface area (Å²) in [6.07, 6.45) is 1.13. The maximum atomic E-state index is 14.5. The minimum absolute atomic E-state index is 0.0536. The Morgan fingerprint density at radius 1 is 1.14 bits per heavy atom. The molecule has 0 bridgehead atoms. The Bertz CT molecular complexity index is 608. The molecule has 2 aromatic carbocycles. The van der Waals surface area contributed by atoms with Crippen molar-refractivity contribution in [2.75, 3.05) is 6.54 Å². The first kappa shape index (κ1) is 14.3. The lowest BCUT2D eigenvalue weighted by molar-refractivity contribution is 0.460. The standard InChI is InChI=1S/C19H22FN/c1-3-21-19(15-11-7-8-13(2)18(15)20)17-12-16(17)14-9-5-4-6-10-14/h4-11,16-17,19,21H,3,12H2,1-2H3. The van der Waals surface area contributed by atoms with Gasteiger partial charge >= 0.3 is 0 Å². The minimum atomic E-state index is -0.0536. The molecule has 1 nitrogen and oxygen atoms in total. The first-order chi connectivity index (χ1) is 10.2. The van der Waals surface area contributed by atoms with E-state index in [1.54, 1.807) is 0 Å². The second kappa shape index (κ2) is 5.98. The number of hydrogen-bond donors (Lipinski definition) is 1. The summed E-state index contributed by atoms with van der Waals surface area (Å²) in [4.78, 5) is 0. The maximum absolute atomic E-state index is 14.5. The van der Waals surface area contributed by atoms with Crippen molar-refractivity contribution >= 4 is 0 Å². The van der Waals surface area contributed by atoms with Gasteiger partial charge in [0.05, 0.1) is 0 Å². The molecule has 0 spiro atoms. The third-order valence-corrected chi connectivity index (χ3v) is 4.48. The molecule has 0 aromatic heterocycles. The summed E-state index contributed by atoms with van der Waals surface area (Å²) in [5.74, 6) is 0.987. The molecule has 1 aliphatic carbocycles. The van der Waals surface area contributed by atoms with Crippen LogP contribution in [0.3, 0.4) is 0 Å². The molecule has 2 heteroatoms. The lowest BCUT2D eigenvalue weighted by Crippen LogP contribution is -2.24. The van der Waals surface area contributed by atoms with Crippen LogP contribution in [0.25, 0.3) is 0 Å². The molecule has 1 N–H and O–H groups in total. The van der Waals surface area contributed by atoms with Crippen molar-refractivity contribution in [3.05, 3.63) is 71.0 Å². The third-order valence-electron chi connectivity index (χ3n) is 4.48. The number of benzene rings is 2. The van der Waals surface area contributed by atoms with E-state index in [0.29, 0.717) is 11.8 Å². The molecule has 2 aromatic rings. The Labute approximate surface area is 126 Å². The zero-order valence-electron chi connectivity index (χ0n) is 12.6. The van der Waals surface area contributed by atoms with Crippen molar-refractivity contribution in [1.82, 2.24) is 5.32 Å². The van der Waals surface area contributed by atoms with Crippen molar-refractivity contribution in [1.29, 1.82) is 0 Å². The lowest BCUT2D eigenvalue weighted by atomic mass is 9.96. The Morgan fingerprint density at radius 2 is 1.90 bits per heavy atom. The van der Waals surface area contributed by atoms with Gasteiger partial charge in [0.15, 0.2) is 0 Å². The molecule has 0 amide bonds. The van der Waals surface area contributed by atoms with Crippen LogP contribution in [0.2, 0.25) is 0 Å². The molecule has 0 heterocycles. The van der Waals surface area contributed by atoms with Gasteiger partial charge in [-0.3, -0.25) is 0 Å². The fourth-order valence-electron chi connectivity index (χ4n) is 3.29. The molecule has 3 rings (SSSR count). The van der Waals surface area contributed by atoms with E-state index >= 15 is 0 Å². The summed E-state index contributed by atoms with van der Waals surface area (Å²) >= 11 is 0. The van der Waals surface area contributed by atoms with Crippen molar-refractivity contribution < 1.29 is 4.39 Å². The van der Waals surface area contributed by atoms with Crippen LogP contribution in [0.15, 0.2) is 48.5 Å². The summed E-state index contributed by atoms with van der Waals surface area (Å²) in [5, 5.41) is 3.49. The van der Waals surface area contributed by atoms with Gasteiger partial charge < -0.3 is 5.32 Å². The fourth-order valence-corrected chi connectivity index (χ4v) is 3.29. The molecule has 1 saturated carbocycles. The van der Waals surface area contributed by atoms with E-state index in [1.165, 1.54) is 5.56 Å². The highest BCUT2D eigenvalue weighted by Gasteiger charge is 2.44. The van der Waals surface area contributed by atoms with Crippen LogP contribution < -0.4 is 5.32 Å². The van der Waals surface area contributed by atoms with Crippen LogP contribution in [0.1, 0.15) is 42.0 Å². The molecule has 0 saturated heterocycles. The van der Waals surface area contributed by atoms with Crippen LogP contribution in [0.4, 0.5) is 4.39 Å². The number of nitrogens with one attached hydrogen (secondary N) is 1. The van der Waals surface area contributed by atoms with E-state index < -0.39 is 0 Å².